The zero-order valence-corrected chi connectivity index (χ0v) is 14.2. The van der Waals surface area contributed by atoms with Crippen LogP contribution in [0, 0.1) is 5.82 Å². The molecule has 3 nitrogen and oxygen atoms in total. The third-order valence-corrected chi connectivity index (χ3v) is 3.67. The van der Waals surface area contributed by atoms with Crippen LogP contribution < -0.4 is 0 Å². The van der Waals surface area contributed by atoms with Crippen LogP contribution in [0.2, 0.25) is 0 Å². The van der Waals surface area contributed by atoms with E-state index < -0.39 is 0 Å². The lowest BCUT2D eigenvalue weighted by Crippen LogP contribution is -2.35. The molecule has 0 aliphatic carbocycles. The van der Waals surface area contributed by atoms with Gasteiger partial charge in [0.05, 0.1) is 0 Å². The van der Waals surface area contributed by atoms with Crippen molar-refractivity contribution in [2.75, 3.05) is 27.2 Å². The van der Waals surface area contributed by atoms with Gasteiger partial charge in [0.15, 0.2) is 0 Å². The number of nitrogens with zero attached hydrogens (tertiary/aromatic N) is 2. The Morgan fingerprint density at radius 2 is 1.67 bits per heavy atom. The van der Waals surface area contributed by atoms with Gasteiger partial charge in [0.1, 0.15) is 5.82 Å². The maximum atomic E-state index is 13.9. The molecule has 0 aliphatic rings. The van der Waals surface area contributed by atoms with Crippen molar-refractivity contribution in [3.8, 4) is 0 Å². The molecule has 2 rings (SSSR count). The summed E-state index contributed by atoms with van der Waals surface area (Å²) in [5.41, 5.74) is 1.49. The van der Waals surface area contributed by atoms with Gasteiger partial charge in [-0.2, -0.15) is 0 Å². The molecule has 0 fully saturated rings. The molecule has 0 saturated heterocycles. The van der Waals surface area contributed by atoms with Crippen molar-refractivity contribution in [3.05, 3.63) is 77.6 Å². The smallest absolute Gasteiger partial charge is 0.246 e. The van der Waals surface area contributed by atoms with E-state index in [1.165, 1.54) is 6.07 Å². The minimum absolute atomic E-state index is 0.121. The minimum atomic E-state index is -0.285. The highest BCUT2D eigenvalue weighted by Gasteiger charge is 2.13. The minimum Gasteiger partial charge on any atom is -0.333 e. The second kappa shape index (κ2) is 8.99. The number of hydrogen-bond acceptors (Lipinski definition) is 2. The summed E-state index contributed by atoms with van der Waals surface area (Å²) in [7, 11) is 3.90. The van der Waals surface area contributed by atoms with Crippen LogP contribution in [0.5, 0.6) is 0 Å². The maximum Gasteiger partial charge on any atom is 0.246 e. The fourth-order valence-electron chi connectivity index (χ4n) is 2.26. The highest BCUT2D eigenvalue weighted by molar-refractivity contribution is 5.91. The molecule has 2 aromatic rings. The van der Waals surface area contributed by atoms with Gasteiger partial charge in [0, 0.05) is 31.3 Å². The van der Waals surface area contributed by atoms with Crippen LogP contribution in [0.25, 0.3) is 6.08 Å². The van der Waals surface area contributed by atoms with E-state index >= 15 is 0 Å². The van der Waals surface area contributed by atoms with E-state index in [9.17, 15) is 9.18 Å². The quantitative estimate of drug-likeness (QED) is 0.728. The lowest BCUT2D eigenvalue weighted by Gasteiger charge is -2.23. The Hall–Kier alpha value is -2.46. The molecule has 0 saturated carbocycles. The molecule has 0 bridgehead atoms. The second-order valence-electron chi connectivity index (χ2n) is 5.90. The zero-order valence-electron chi connectivity index (χ0n) is 14.2. The summed E-state index contributed by atoms with van der Waals surface area (Å²) >= 11 is 0. The number of amides is 1. The highest BCUT2D eigenvalue weighted by Crippen LogP contribution is 2.11. The molecule has 0 atom stereocenters. The van der Waals surface area contributed by atoms with Crippen LogP contribution in [-0.2, 0) is 11.3 Å². The molecular formula is C20H23FN2O. The number of rotatable bonds is 7. The average Bonchev–Trinajstić information content (AvgIpc) is 2.58. The molecule has 2 aromatic carbocycles. The van der Waals surface area contributed by atoms with Crippen molar-refractivity contribution in [2.24, 2.45) is 0 Å². The van der Waals surface area contributed by atoms with Gasteiger partial charge in [-0.15, -0.1) is 0 Å². The van der Waals surface area contributed by atoms with Crippen LogP contribution in [-0.4, -0.2) is 42.9 Å². The molecule has 4 heteroatoms. The van der Waals surface area contributed by atoms with Crippen molar-refractivity contribution in [3.63, 3.8) is 0 Å². The summed E-state index contributed by atoms with van der Waals surface area (Å²) in [6.45, 7) is 1.52. The summed E-state index contributed by atoms with van der Waals surface area (Å²) < 4.78 is 13.9. The molecule has 0 unspecified atom stereocenters. The summed E-state index contributed by atoms with van der Waals surface area (Å²) in [6, 6.07) is 16.2. The summed E-state index contributed by atoms with van der Waals surface area (Å²) in [4.78, 5) is 16.2. The standard InChI is InChI=1S/C20H23FN2O/c1-22(2)14-15-23(16-18-10-6-7-11-19(18)21)20(24)13-12-17-8-4-3-5-9-17/h3-13H,14-16H2,1-2H3. The van der Waals surface area contributed by atoms with E-state index in [2.05, 4.69) is 0 Å². The number of benzene rings is 2. The van der Waals surface area contributed by atoms with Gasteiger partial charge < -0.3 is 9.80 Å². The Kier molecular flexibility index (Phi) is 6.70. The first-order chi connectivity index (χ1) is 11.6. The zero-order chi connectivity index (χ0) is 17.4. The highest BCUT2D eigenvalue weighted by atomic mass is 19.1. The van der Waals surface area contributed by atoms with Gasteiger partial charge in [-0.3, -0.25) is 4.79 Å². The third kappa shape index (κ3) is 5.63. The predicted molar refractivity (Wildman–Crippen MR) is 95.8 cm³/mol. The molecule has 126 valence electrons. The summed E-state index contributed by atoms with van der Waals surface area (Å²) in [5, 5.41) is 0. The molecule has 0 heterocycles. The van der Waals surface area contributed by atoms with E-state index in [0.29, 0.717) is 12.1 Å². The fraction of sp³-hybridized carbons (Fsp3) is 0.250. The van der Waals surface area contributed by atoms with Gasteiger partial charge in [0.2, 0.25) is 5.91 Å². The first kappa shape index (κ1) is 17.9. The summed E-state index contributed by atoms with van der Waals surface area (Å²) in [5.74, 6) is -0.406. The van der Waals surface area contributed by atoms with E-state index in [1.807, 2.05) is 49.3 Å². The number of halogens is 1. The first-order valence-corrected chi connectivity index (χ1v) is 7.96. The van der Waals surface area contributed by atoms with E-state index in [-0.39, 0.29) is 18.3 Å². The van der Waals surface area contributed by atoms with Crippen LogP contribution >= 0.6 is 0 Å². The topological polar surface area (TPSA) is 23.6 Å². The number of carbonyl (C=O) groups is 1. The van der Waals surface area contributed by atoms with Crippen LogP contribution in [0.1, 0.15) is 11.1 Å². The third-order valence-electron chi connectivity index (χ3n) is 3.67. The van der Waals surface area contributed by atoms with E-state index in [4.69, 9.17) is 0 Å². The Morgan fingerprint density at radius 3 is 2.33 bits per heavy atom. The molecule has 0 radical (unpaired) electrons. The van der Waals surface area contributed by atoms with Crippen LogP contribution in [0.3, 0.4) is 0 Å². The molecule has 1 amide bonds. The number of carbonyl (C=O) groups excluding carboxylic acids is 1. The van der Waals surface area contributed by atoms with Gasteiger partial charge in [0.25, 0.3) is 0 Å². The first-order valence-electron chi connectivity index (χ1n) is 7.96. The van der Waals surface area contributed by atoms with Crippen molar-refractivity contribution < 1.29 is 9.18 Å². The van der Waals surface area contributed by atoms with Gasteiger partial charge in [-0.25, -0.2) is 4.39 Å². The van der Waals surface area contributed by atoms with Crippen molar-refractivity contribution in [1.82, 2.24) is 9.80 Å². The molecule has 24 heavy (non-hydrogen) atoms. The largest absolute Gasteiger partial charge is 0.333 e. The van der Waals surface area contributed by atoms with Crippen molar-refractivity contribution in [1.29, 1.82) is 0 Å². The molecule has 0 aromatic heterocycles. The number of likely N-dealkylation sites (N-methyl/N-ethyl adjacent to an activating group) is 1. The Bertz CT molecular complexity index is 683. The lowest BCUT2D eigenvalue weighted by atomic mass is 10.2. The Balaban J connectivity index is 2.11. The summed E-state index contributed by atoms with van der Waals surface area (Å²) in [6.07, 6.45) is 3.33. The molecule has 0 aliphatic heterocycles. The predicted octanol–water partition coefficient (Wildman–Crippen LogP) is 3.43. The Morgan fingerprint density at radius 1 is 1.00 bits per heavy atom. The number of hydrogen-bond donors (Lipinski definition) is 0. The molecular weight excluding hydrogens is 303 g/mol. The normalized spacial score (nSPS) is 11.2. The molecule has 0 N–H and O–H groups in total. The Labute approximate surface area is 143 Å². The second-order valence-corrected chi connectivity index (χ2v) is 5.90. The fourth-order valence-corrected chi connectivity index (χ4v) is 2.26. The van der Waals surface area contributed by atoms with Crippen LogP contribution in [0.15, 0.2) is 60.7 Å². The van der Waals surface area contributed by atoms with Crippen molar-refractivity contribution in [2.45, 2.75) is 6.54 Å². The molecule has 0 spiro atoms. The van der Waals surface area contributed by atoms with E-state index in [0.717, 1.165) is 12.1 Å². The van der Waals surface area contributed by atoms with Crippen molar-refractivity contribution >= 4 is 12.0 Å². The van der Waals surface area contributed by atoms with E-state index in [1.54, 1.807) is 35.3 Å². The maximum absolute atomic E-state index is 13.9. The van der Waals surface area contributed by atoms with Gasteiger partial charge >= 0.3 is 0 Å². The monoisotopic (exact) mass is 326 g/mol. The lowest BCUT2D eigenvalue weighted by molar-refractivity contribution is -0.126. The van der Waals surface area contributed by atoms with Crippen LogP contribution in [0.4, 0.5) is 4.39 Å². The van der Waals surface area contributed by atoms with Gasteiger partial charge in [-0.1, -0.05) is 48.5 Å². The van der Waals surface area contributed by atoms with Gasteiger partial charge in [-0.05, 0) is 31.8 Å². The average molecular weight is 326 g/mol. The SMILES string of the molecule is CN(C)CCN(Cc1ccccc1F)C(=O)C=Cc1ccccc1.